The smallest absolute Gasteiger partial charge is 0.225 e. The molecule has 2 heterocycles. The predicted molar refractivity (Wildman–Crippen MR) is 78.6 cm³/mol. The molecular weight excluding hydrogens is 262 g/mol. The Labute approximate surface area is 115 Å². The Morgan fingerprint density at radius 3 is 2.89 bits per heavy atom. The van der Waals surface area contributed by atoms with E-state index in [2.05, 4.69) is 33.6 Å². The van der Waals surface area contributed by atoms with Gasteiger partial charge in [0.1, 0.15) is 10.6 Å². The Balaban J connectivity index is 2.33. The monoisotopic (exact) mass is 279 g/mol. The van der Waals surface area contributed by atoms with Crippen molar-refractivity contribution in [2.75, 3.05) is 24.2 Å². The number of aromatic nitrogens is 2. The van der Waals surface area contributed by atoms with Gasteiger partial charge in [0.05, 0.1) is 5.39 Å². The predicted octanol–water partition coefficient (Wildman–Crippen LogP) is 1.58. The molecule has 0 saturated heterocycles. The lowest BCUT2D eigenvalue weighted by molar-refractivity contribution is -0.117. The van der Waals surface area contributed by atoms with Gasteiger partial charge in [-0.1, -0.05) is 6.92 Å². The number of nitrogens with one attached hydrogen (secondary N) is 2. The standard InChI is InChI=1S/C12H17N5OS/c1-3-7-6-8-10(15-5-4-9(13)18)16-12(14-2)17-11(8)19-7/h6H,3-5H2,1-2H3,(H2,13,18)(H2,14,15,16,17). The molecule has 2 rings (SSSR count). The molecule has 0 spiro atoms. The molecule has 0 aliphatic carbocycles. The van der Waals surface area contributed by atoms with E-state index in [9.17, 15) is 4.79 Å². The lowest BCUT2D eigenvalue weighted by Gasteiger charge is -2.07. The van der Waals surface area contributed by atoms with Crippen LogP contribution in [0, 0.1) is 0 Å². The molecule has 0 saturated carbocycles. The Morgan fingerprint density at radius 2 is 2.26 bits per heavy atom. The average molecular weight is 279 g/mol. The number of nitrogens with two attached hydrogens (primary N) is 1. The Hall–Kier alpha value is -1.89. The van der Waals surface area contributed by atoms with Crippen LogP contribution in [0.2, 0.25) is 0 Å². The maximum atomic E-state index is 10.8. The second-order valence-electron chi connectivity index (χ2n) is 4.07. The molecule has 2 aromatic rings. The number of amides is 1. The van der Waals surface area contributed by atoms with Crippen molar-refractivity contribution in [3.63, 3.8) is 0 Å². The zero-order chi connectivity index (χ0) is 13.8. The minimum absolute atomic E-state index is 0.283. The number of anilines is 2. The molecule has 19 heavy (non-hydrogen) atoms. The van der Waals surface area contributed by atoms with Gasteiger partial charge in [-0.3, -0.25) is 4.79 Å². The van der Waals surface area contributed by atoms with Crippen LogP contribution >= 0.6 is 11.3 Å². The molecule has 0 bridgehead atoms. The van der Waals surface area contributed by atoms with Gasteiger partial charge >= 0.3 is 0 Å². The fourth-order valence-corrected chi connectivity index (χ4v) is 2.66. The summed E-state index contributed by atoms with van der Waals surface area (Å²) < 4.78 is 0. The highest BCUT2D eigenvalue weighted by Crippen LogP contribution is 2.30. The summed E-state index contributed by atoms with van der Waals surface area (Å²) in [6.07, 6.45) is 1.25. The highest BCUT2D eigenvalue weighted by atomic mass is 32.1. The normalized spacial score (nSPS) is 10.6. The second kappa shape index (κ2) is 5.83. The van der Waals surface area contributed by atoms with Crippen molar-refractivity contribution in [1.82, 2.24) is 9.97 Å². The minimum atomic E-state index is -0.328. The van der Waals surface area contributed by atoms with Gasteiger partial charge in [-0.05, 0) is 12.5 Å². The van der Waals surface area contributed by atoms with Crippen molar-refractivity contribution in [3.8, 4) is 0 Å². The van der Waals surface area contributed by atoms with Crippen LogP contribution in [-0.2, 0) is 11.2 Å². The van der Waals surface area contributed by atoms with Crippen LogP contribution in [0.25, 0.3) is 10.2 Å². The van der Waals surface area contributed by atoms with Crippen LogP contribution < -0.4 is 16.4 Å². The summed E-state index contributed by atoms with van der Waals surface area (Å²) in [5.41, 5.74) is 5.13. The molecule has 0 aromatic carbocycles. The summed E-state index contributed by atoms with van der Waals surface area (Å²) in [6, 6.07) is 2.09. The summed E-state index contributed by atoms with van der Waals surface area (Å²) in [5, 5.41) is 7.08. The summed E-state index contributed by atoms with van der Waals surface area (Å²) in [6.45, 7) is 2.58. The number of hydrogen-bond donors (Lipinski definition) is 3. The molecule has 2 aromatic heterocycles. The topological polar surface area (TPSA) is 92.9 Å². The average Bonchev–Trinajstić information content (AvgIpc) is 2.81. The van der Waals surface area contributed by atoms with E-state index in [0.717, 1.165) is 22.5 Å². The summed E-state index contributed by atoms with van der Waals surface area (Å²) >= 11 is 1.66. The number of primary amides is 1. The lowest BCUT2D eigenvalue weighted by atomic mass is 10.3. The quantitative estimate of drug-likeness (QED) is 0.746. The molecular formula is C12H17N5OS. The summed E-state index contributed by atoms with van der Waals surface area (Å²) in [5.74, 6) is 0.983. The zero-order valence-corrected chi connectivity index (χ0v) is 11.8. The highest BCUT2D eigenvalue weighted by molar-refractivity contribution is 7.18. The first-order valence-corrected chi connectivity index (χ1v) is 6.96. The molecule has 6 nitrogen and oxygen atoms in total. The van der Waals surface area contributed by atoms with E-state index >= 15 is 0 Å². The molecule has 0 aliphatic heterocycles. The van der Waals surface area contributed by atoms with E-state index in [1.165, 1.54) is 4.88 Å². The third kappa shape index (κ3) is 3.11. The summed E-state index contributed by atoms with van der Waals surface area (Å²) in [7, 11) is 1.78. The number of hydrogen-bond acceptors (Lipinski definition) is 6. The molecule has 0 radical (unpaired) electrons. The first-order valence-electron chi connectivity index (χ1n) is 6.14. The van der Waals surface area contributed by atoms with E-state index in [4.69, 9.17) is 5.73 Å². The fraction of sp³-hybridized carbons (Fsp3) is 0.417. The van der Waals surface area contributed by atoms with Crippen LogP contribution in [-0.4, -0.2) is 29.5 Å². The molecule has 0 fully saturated rings. The fourth-order valence-electron chi connectivity index (χ4n) is 1.70. The van der Waals surface area contributed by atoms with Crippen molar-refractivity contribution in [1.29, 1.82) is 0 Å². The molecule has 4 N–H and O–H groups in total. The lowest BCUT2D eigenvalue weighted by Crippen LogP contribution is -2.16. The van der Waals surface area contributed by atoms with Crippen molar-refractivity contribution >= 4 is 39.2 Å². The number of carbonyl (C=O) groups excluding carboxylic acids is 1. The molecule has 0 unspecified atom stereocenters. The second-order valence-corrected chi connectivity index (χ2v) is 5.19. The first kappa shape index (κ1) is 13.5. The van der Waals surface area contributed by atoms with Crippen LogP contribution in [0.4, 0.5) is 11.8 Å². The van der Waals surface area contributed by atoms with Gasteiger partial charge in [-0.25, -0.2) is 4.98 Å². The van der Waals surface area contributed by atoms with E-state index in [1.54, 1.807) is 18.4 Å². The van der Waals surface area contributed by atoms with Gasteiger partial charge < -0.3 is 16.4 Å². The molecule has 0 atom stereocenters. The Bertz CT molecular complexity index is 595. The van der Waals surface area contributed by atoms with Gasteiger partial charge in [0.2, 0.25) is 11.9 Å². The maximum Gasteiger partial charge on any atom is 0.225 e. The third-order valence-electron chi connectivity index (χ3n) is 2.68. The van der Waals surface area contributed by atoms with Gasteiger partial charge in [0.15, 0.2) is 0 Å². The van der Waals surface area contributed by atoms with Crippen molar-refractivity contribution in [3.05, 3.63) is 10.9 Å². The van der Waals surface area contributed by atoms with E-state index in [-0.39, 0.29) is 12.3 Å². The van der Waals surface area contributed by atoms with Crippen molar-refractivity contribution in [2.45, 2.75) is 19.8 Å². The number of rotatable bonds is 6. The number of fused-ring (bicyclic) bond motifs is 1. The zero-order valence-electron chi connectivity index (χ0n) is 11.0. The van der Waals surface area contributed by atoms with Gasteiger partial charge in [-0.15, -0.1) is 11.3 Å². The van der Waals surface area contributed by atoms with E-state index in [0.29, 0.717) is 12.5 Å². The van der Waals surface area contributed by atoms with Gasteiger partial charge in [0.25, 0.3) is 0 Å². The number of carbonyl (C=O) groups is 1. The number of thiophene rings is 1. The Kier molecular flexibility index (Phi) is 4.16. The van der Waals surface area contributed by atoms with Gasteiger partial charge in [0, 0.05) is 24.9 Å². The van der Waals surface area contributed by atoms with Crippen LogP contribution in [0.1, 0.15) is 18.2 Å². The number of aryl methyl sites for hydroxylation is 1. The highest BCUT2D eigenvalue weighted by Gasteiger charge is 2.10. The van der Waals surface area contributed by atoms with Crippen molar-refractivity contribution < 1.29 is 4.79 Å². The minimum Gasteiger partial charge on any atom is -0.370 e. The Morgan fingerprint density at radius 1 is 1.47 bits per heavy atom. The molecule has 1 amide bonds. The van der Waals surface area contributed by atoms with Gasteiger partial charge in [-0.2, -0.15) is 4.98 Å². The molecule has 0 aliphatic rings. The first-order chi connectivity index (χ1) is 9.13. The third-order valence-corrected chi connectivity index (χ3v) is 3.85. The van der Waals surface area contributed by atoms with Crippen molar-refractivity contribution in [2.24, 2.45) is 5.73 Å². The van der Waals surface area contributed by atoms with Crippen LogP contribution in [0.5, 0.6) is 0 Å². The van der Waals surface area contributed by atoms with E-state index in [1.807, 2.05) is 0 Å². The molecule has 102 valence electrons. The largest absolute Gasteiger partial charge is 0.370 e. The van der Waals surface area contributed by atoms with E-state index < -0.39 is 0 Å². The maximum absolute atomic E-state index is 10.8. The van der Waals surface area contributed by atoms with Crippen LogP contribution in [0.3, 0.4) is 0 Å². The number of nitrogens with zero attached hydrogens (tertiary/aromatic N) is 2. The SMILES string of the molecule is CCc1cc2c(NCCC(N)=O)nc(NC)nc2s1. The van der Waals surface area contributed by atoms with Crippen LogP contribution in [0.15, 0.2) is 6.07 Å². The summed E-state index contributed by atoms with van der Waals surface area (Å²) in [4.78, 5) is 21.8. The molecule has 7 heteroatoms.